The van der Waals surface area contributed by atoms with Crippen LogP contribution in [0, 0.1) is 11.8 Å². The number of carbonyl (C=O) groups is 1. The smallest absolute Gasteiger partial charge is 0.303 e. The standard InChI is InChI=1S/C17H23NO2/c18-12-16(14-9-5-2-6-10-14)15(11-17(19)20)13-7-3-1-4-8-13/h2,5-6,9-10,12-13,15H,1,3-4,7-8,11,18H2,(H,19,20). The van der Waals surface area contributed by atoms with Crippen LogP contribution >= 0.6 is 0 Å². The Labute approximate surface area is 120 Å². The molecule has 1 aliphatic carbocycles. The summed E-state index contributed by atoms with van der Waals surface area (Å²) in [7, 11) is 0. The zero-order chi connectivity index (χ0) is 14.4. The fraction of sp³-hybridized carbons (Fsp3) is 0.471. The highest BCUT2D eigenvalue weighted by molar-refractivity contribution is 5.74. The molecule has 1 aliphatic rings. The molecule has 0 radical (unpaired) electrons. The third-order valence-corrected chi connectivity index (χ3v) is 4.30. The number of carboxylic acid groups (broad SMARTS) is 1. The van der Waals surface area contributed by atoms with Crippen LogP contribution < -0.4 is 5.73 Å². The fourth-order valence-electron chi connectivity index (χ4n) is 3.32. The van der Waals surface area contributed by atoms with Crippen molar-refractivity contribution in [3.63, 3.8) is 0 Å². The molecule has 1 aromatic carbocycles. The lowest BCUT2D eigenvalue weighted by Crippen LogP contribution is -2.23. The van der Waals surface area contributed by atoms with Crippen molar-refractivity contribution in [2.45, 2.75) is 38.5 Å². The molecule has 2 rings (SSSR count). The minimum Gasteiger partial charge on any atom is -0.481 e. The van der Waals surface area contributed by atoms with Crippen molar-refractivity contribution in [1.82, 2.24) is 0 Å². The largest absolute Gasteiger partial charge is 0.481 e. The molecule has 1 unspecified atom stereocenters. The van der Waals surface area contributed by atoms with E-state index >= 15 is 0 Å². The van der Waals surface area contributed by atoms with Crippen LogP contribution in [0.15, 0.2) is 36.5 Å². The summed E-state index contributed by atoms with van der Waals surface area (Å²) in [5.41, 5.74) is 7.87. The summed E-state index contributed by atoms with van der Waals surface area (Å²) >= 11 is 0. The molecule has 0 aliphatic heterocycles. The second-order valence-corrected chi connectivity index (χ2v) is 5.59. The Kier molecular flexibility index (Phi) is 5.22. The Morgan fingerprint density at radius 1 is 1.25 bits per heavy atom. The lowest BCUT2D eigenvalue weighted by molar-refractivity contribution is -0.138. The maximum atomic E-state index is 11.2. The Bertz CT molecular complexity index is 461. The van der Waals surface area contributed by atoms with E-state index < -0.39 is 5.97 Å². The number of hydrogen-bond donors (Lipinski definition) is 2. The van der Waals surface area contributed by atoms with Crippen LogP contribution in [0.4, 0.5) is 0 Å². The van der Waals surface area contributed by atoms with E-state index in [9.17, 15) is 9.90 Å². The van der Waals surface area contributed by atoms with Crippen LogP contribution in [-0.4, -0.2) is 11.1 Å². The van der Waals surface area contributed by atoms with Gasteiger partial charge in [-0.1, -0.05) is 49.6 Å². The number of hydrogen-bond acceptors (Lipinski definition) is 2. The second-order valence-electron chi connectivity index (χ2n) is 5.59. The van der Waals surface area contributed by atoms with Gasteiger partial charge in [-0.2, -0.15) is 0 Å². The first-order valence-corrected chi connectivity index (χ1v) is 7.41. The van der Waals surface area contributed by atoms with Crippen LogP contribution in [0.1, 0.15) is 44.1 Å². The van der Waals surface area contributed by atoms with Crippen LogP contribution in [-0.2, 0) is 4.79 Å². The average molecular weight is 273 g/mol. The average Bonchev–Trinajstić information content (AvgIpc) is 2.49. The molecular weight excluding hydrogens is 250 g/mol. The molecule has 0 heterocycles. The predicted octanol–water partition coefficient (Wildman–Crippen LogP) is 3.66. The molecule has 0 bridgehead atoms. The summed E-state index contributed by atoms with van der Waals surface area (Å²) in [5, 5.41) is 9.24. The van der Waals surface area contributed by atoms with Crippen LogP contribution in [0.5, 0.6) is 0 Å². The summed E-state index contributed by atoms with van der Waals surface area (Å²) in [5.74, 6) is -0.272. The third kappa shape index (κ3) is 3.62. The maximum absolute atomic E-state index is 11.2. The van der Waals surface area contributed by atoms with Gasteiger partial charge < -0.3 is 10.8 Å². The van der Waals surface area contributed by atoms with E-state index in [1.165, 1.54) is 19.3 Å². The highest BCUT2D eigenvalue weighted by atomic mass is 16.4. The molecule has 0 saturated heterocycles. The van der Waals surface area contributed by atoms with Crippen molar-refractivity contribution in [2.24, 2.45) is 17.6 Å². The molecule has 3 N–H and O–H groups in total. The van der Waals surface area contributed by atoms with Crippen molar-refractivity contribution in [1.29, 1.82) is 0 Å². The first-order chi connectivity index (χ1) is 9.72. The molecule has 20 heavy (non-hydrogen) atoms. The van der Waals surface area contributed by atoms with Crippen molar-refractivity contribution in [3.05, 3.63) is 42.1 Å². The second kappa shape index (κ2) is 7.13. The molecule has 0 amide bonds. The molecule has 0 spiro atoms. The summed E-state index contributed by atoms with van der Waals surface area (Å²) in [6.07, 6.45) is 7.68. The van der Waals surface area contributed by atoms with Crippen LogP contribution in [0.2, 0.25) is 0 Å². The SMILES string of the molecule is NC=C(c1ccccc1)C(CC(=O)O)C1CCCCC1. The van der Waals surface area contributed by atoms with Crippen LogP contribution in [0.3, 0.4) is 0 Å². The van der Waals surface area contributed by atoms with Gasteiger partial charge in [0.25, 0.3) is 0 Å². The van der Waals surface area contributed by atoms with Gasteiger partial charge in [0, 0.05) is 0 Å². The molecule has 108 valence electrons. The van der Waals surface area contributed by atoms with Gasteiger partial charge in [-0.25, -0.2) is 0 Å². The summed E-state index contributed by atoms with van der Waals surface area (Å²) in [6.45, 7) is 0. The summed E-state index contributed by atoms with van der Waals surface area (Å²) in [4.78, 5) is 11.2. The van der Waals surface area contributed by atoms with Gasteiger partial charge in [-0.05, 0) is 42.0 Å². The topological polar surface area (TPSA) is 63.3 Å². The number of benzene rings is 1. The van der Waals surface area contributed by atoms with Gasteiger partial charge in [-0.3, -0.25) is 4.79 Å². The van der Waals surface area contributed by atoms with E-state index in [-0.39, 0.29) is 12.3 Å². The van der Waals surface area contributed by atoms with Gasteiger partial charge in [-0.15, -0.1) is 0 Å². The molecule has 3 nitrogen and oxygen atoms in total. The molecule has 1 saturated carbocycles. The monoisotopic (exact) mass is 273 g/mol. The summed E-state index contributed by atoms with van der Waals surface area (Å²) < 4.78 is 0. The van der Waals surface area contributed by atoms with E-state index in [0.717, 1.165) is 24.0 Å². The Hall–Kier alpha value is -1.77. The maximum Gasteiger partial charge on any atom is 0.303 e. The van der Waals surface area contributed by atoms with Gasteiger partial charge in [0.2, 0.25) is 0 Å². The zero-order valence-electron chi connectivity index (χ0n) is 11.8. The van der Waals surface area contributed by atoms with Crippen molar-refractivity contribution >= 4 is 11.5 Å². The molecule has 1 aromatic rings. The fourth-order valence-corrected chi connectivity index (χ4v) is 3.32. The van der Waals surface area contributed by atoms with E-state index in [0.29, 0.717) is 5.92 Å². The molecular formula is C17H23NO2. The first kappa shape index (κ1) is 14.6. The highest BCUT2D eigenvalue weighted by Crippen LogP contribution is 2.39. The van der Waals surface area contributed by atoms with Crippen molar-refractivity contribution in [2.75, 3.05) is 0 Å². The van der Waals surface area contributed by atoms with E-state index in [1.54, 1.807) is 6.20 Å². The molecule has 1 atom stereocenters. The molecule has 1 fully saturated rings. The quantitative estimate of drug-likeness (QED) is 0.860. The number of allylic oxidation sites excluding steroid dienone is 1. The number of aliphatic carboxylic acids is 1. The summed E-state index contributed by atoms with van der Waals surface area (Å²) in [6, 6.07) is 9.92. The molecule has 0 aromatic heterocycles. The Morgan fingerprint density at radius 2 is 1.90 bits per heavy atom. The van der Waals surface area contributed by atoms with Gasteiger partial charge in [0.1, 0.15) is 0 Å². The number of nitrogens with two attached hydrogens (primary N) is 1. The highest BCUT2D eigenvalue weighted by Gasteiger charge is 2.29. The zero-order valence-corrected chi connectivity index (χ0v) is 11.8. The van der Waals surface area contributed by atoms with Gasteiger partial charge in [0.05, 0.1) is 6.42 Å². The molecule has 3 heteroatoms. The minimum atomic E-state index is -0.740. The van der Waals surface area contributed by atoms with Gasteiger partial charge >= 0.3 is 5.97 Å². The van der Waals surface area contributed by atoms with E-state index in [1.807, 2.05) is 30.3 Å². The Balaban J connectivity index is 2.26. The first-order valence-electron chi connectivity index (χ1n) is 7.41. The Morgan fingerprint density at radius 3 is 2.45 bits per heavy atom. The van der Waals surface area contributed by atoms with Crippen molar-refractivity contribution < 1.29 is 9.90 Å². The number of rotatable bonds is 5. The number of carboxylic acids is 1. The van der Waals surface area contributed by atoms with Crippen molar-refractivity contribution in [3.8, 4) is 0 Å². The lowest BCUT2D eigenvalue weighted by Gasteiger charge is -2.31. The normalized spacial score (nSPS) is 18.7. The lowest BCUT2D eigenvalue weighted by atomic mass is 9.73. The third-order valence-electron chi connectivity index (χ3n) is 4.30. The minimum absolute atomic E-state index is 0.0280. The van der Waals surface area contributed by atoms with E-state index in [4.69, 9.17) is 5.73 Å². The predicted molar refractivity (Wildman–Crippen MR) is 80.9 cm³/mol. The van der Waals surface area contributed by atoms with Gasteiger partial charge in [0.15, 0.2) is 0 Å². The van der Waals surface area contributed by atoms with E-state index in [2.05, 4.69) is 0 Å². The van der Waals surface area contributed by atoms with Crippen LogP contribution in [0.25, 0.3) is 5.57 Å².